The molecule has 1 amide bonds. The Morgan fingerprint density at radius 1 is 1.28 bits per heavy atom. The summed E-state index contributed by atoms with van der Waals surface area (Å²) >= 11 is 9.29. The number of piperazine rings is 1. The van der Waals surface area contributed by atoms with Gasteiger partial charge in [-0.25, -0.2) is 8.42 Å². The van der Waals surface area contributed by atoms with Gasteiger partial charge in [0, 0.05) is 31.2 Å². The molecule has 0 aliphatic carbocycles. The third-order valence-electron chi connectivity index (χ3n) is 3.84. The highest BCUT2D eigenvalue weighted by atomic mass is 79.9. The molecule has 1 heterocycles. The van der Waals surface area contributed by atoms with E-state index in [2.05, 4.69) is 15.9 Å². The molecular weight excluding hydrogens is 434 g/mol. The maximum atomic E-state index is 13.0. The lowest BCUT2D eigenvalue weighted by Gasteiger charge is -2.34. The van der Waals surface area contributed by atoms with Crippen LogP contribution in [0.25, 0.3) is 0 Å². The molecule has 0 bridgehead atoms. The van der Waals surface area contributed by atoms with Crippen molar-refractivity contribution < 1.29 is 17.9 Å². The Morgan fingerprint density at radius 3 is 2.40 bits per heavy atom. The summed E-state index contributed by atoms with van der Waals surface area (Å²) in [6.07, 6.45) is 0. The number of ether oxygens (including phenoxy) is 1. The Kier molecular flexibility index (Phi) is 6.72. The SMILES string of the molecule is COc1c(Br)cc(Cl)cc1S(=O)(=O)N1CCN(C(=O)CN(C)C)CC1. The smallest absolute Gasteiger partial charge is 0.246 e. The van der Waals surface area contributed by atoms with Crippen molar-refractivity contribution in [2.45, 2.75) is 4.90 Å². The molecule has 1 saturated heterocycles. The molecule has 1 aromatic carbocycles. The first-order chi connectivity index (χ1) is 11.7. The molecule has 25 heavy (non-hydrogen) atoms. The molecule has 2 rings (SSSR count). The summed E-state index contributed by atoms with van der Waals surface area (Å²) in [5.41, 5.74) is 0. The third-order valence-corrected chi connectivity index (χ3v) is 6.55. The maximum Gasteiger partial charge on any atom is 0.246 e. The van der Waals surface area contributed by atoms with Gasteiger partial charge in [-0.3, -0.25) is 4.79 Å². The normalized spacial score (nSPS) is 16.3. The fourth-order valence-corrected chi connectivity index (χ4v) is 5.41. The van der Waals surface area contributed by atoms with Gasteiger partial charge in [-0.15, -0.1) is 0 Å². The Bertz CT molecular complexity index is 749. The average Bonchev–Trinajstić information content (AvgIpc) is 2.53. The zero-order chi connectivity index (χ0) is 18.8. The van der Waals surface area contributed by atoms with Crippen LogP contribution in [-0.2, 0) is 14.8 Å². The summed E-state index contributed by atoms with van der Waals surface area (Å²) in [4.78, 5) is 15.6. The molecule has 1 aromatic rings. The van der Waals surface area contributed by atoms with Crippen LogP contribution >= 0.6 is 27.5 Å². The number of rotatable bonds is 5. The van der Waals surface area contributed by atoms with Crippen LogP contribution in [0.5, 0.6) is 5.75 Å². The van der Waals surface area contributed by atoms with E-state index in [1.54, 1.807) is 15.9 Å². The van der Waals surface area contributed by atoms with Gasteiger partial charge in [0.25, 0.3) is 0 Å². The summed E-state index contributed by atoms with van der Waals surface area (Å²) in [6.45, 7) is 1.48. The number of likely N-dealkylation sites (N-methyl/N-ethyl adjacent to an activating group) is 1. The van der Waals surface area contributed by atoms with E-state index in [1.165, 1.54) is 17.5 Å². The third kappa shape index (κ3) is 4.65. The van der Waals surface area contributed by atoms with Gasteiger partial charge in [0.1, 0.15) is 4.90 Å². The first-order valence-electron chi connectivity index (χ1n) is 7.62. The summed E-state index contributed by atoms with van der Waals surface area (Å²) in [6, 6.07) is 2.96. The van der Waals surface area contributed by atoms with Crippen molar-refractivity contribution in [2.24, 2.45) is 0 Å². The second-order valence-corrected chi connectivity index (χ2v) is 9.14. The highest BCUT2D eigenvalue weighted by molar-refractivity contribution is 9.10. The van der Waals surface area contributed by atoms with Crippen molar-refractivity contribution in [1.29, 1.82) is 0 Å². The van der Waals surface area contributed by atoms with E-state index in [1.807, 2.05) is 14.1 Å². The van der Waals surface area contributed by atoms with Gasteiger partial charge >= 0.3 is 0 Å². The standard InChI is InChI=1S/C15H21BrClN3O4S/c1-18(2)10-14(21)19-4-6-20(7-5-19)25(22,23)13-9-11(17)8-12(16)15(13)24-3/h8-9H,4-7,10H2,1-3H3. The number of benzene rings is 1. The number of nitrogens with zero attached hydrogens (tertiary/aromatic N) is 3. The first-order valence-corrected chi connectivity index (χ1v) is 10.2. The van der Waals surface area contributed by atoms with Crippen LogP contribution in [0, 0.1) is 0 Å². The number of halogens is 2. The fourth-order valence-electron chi connectivity index (χ4n) is 2.61. The zero-order valence-corrected chi connectivity index (χ0v) is 17.5. The fraction of sp³-hybridized carbons (Fsp3) is 0.533. The topological polar surface area (TPSA) is 70.2 Å². The Hall–Kier alpha value is -0.870. The van der Waals surface area contributed by atoms with Gasteiger partial charge in [0.2, 0.25) is 15.9 Å². The lowest BCUT2D eigenvalue weighted by Crippen LogP contribution is -2.52. The van der Waals surface area contributed by atoms with Crippen molar-refractivity contribution in [1.82, 2.24) is 14.1 Å². The van der Waals surface area contributed by atoms with Gasteiger partial charge in [0.05, 0.1) is 18.1 Å². The second kappa shape index (κ2) is 8.22. The molecule has 7 nitrogen and oxygen atoms in total. The van der Waals surface area contributed by atoms with E-state index in [-0.39, 0.29) is 29.6 Å². The van der Waals surface area contributed by atoms with Crippen molar-refractivity contribution in [2.75, 3.05) is 53.9 Å². The van der Waals surface area contributed by atoms with Crippen LogP contribution in [0.1, 0.15) is 0 Å². The Balaban J connectivity index is 2.19. The number of amides is 1. The van der Waals surface area contributed by atoms with Gasteiger partial charge < -0.3 is 14.5 Å². The van der Waals surface area contributed by atoms with Gasteiger partial charge in [-0.2, -0.15) is 4.31 Å². The molecule has 0 N–H and O–H groups in total. The summed E-state index contributed by atoms with van der Waals surface area (Å²) in [5.74, 6) is 0.209. The van der Waals surface area contributed by atoms with Gasteiger partial charge in [0.15, 0.2) is 5.75 Å². The van der Waals surface area contributed by atoms with Crippen LogP contribution < -0.4 is 4.74 Å². The number of methoxy groups -OCH3 is 1. The van der Waals surface area contributed by atoms with E-state index in [0.29, 0.717) is 29.1 Å². The predicted octanol–water partition coefficient (Wildman–Crippen LogP) is 1.51. The van der Waals surface area contributed by atoms with Crippen LogP contribution in [0.15, 0.2) is 21.5 Å². The second-order valence-electron chi connectivity index (χ2n) is 5.94. The molecule has 1 fully saturated rings. The molecule has 140 valence electrons. The quantitative estimate of drug-likeness (QED) is 0.674. The first kappa shape index (κ1) is 20.4. The highest BCUT2D eigenvalue weighted by Gasteiger charge is 2.33. The number of hydrogen-bond acceptors (Lipinski definition) is 5. The average molecular weight is 455 g/mol. The van der Waals surface area contributed by atoms with E-state index < -0.39 is 10.0 Å². The minimum atomic E-state index is -3.78. The molecule has 1 aliphatic heterocycles. The number of sulfonamides is 1. The maximum absolute atomic E-state index is 13.0. The van der Waals surface area contributed by atoms with Crippen LogP contribution in [0.3, 0.4) is 0 Å². The highest BCUT2D eigenvalue weighted by Crippen LogP contribution is 2.37. The number of carbonyl (C=O) groups is 1. The molecule has 0 radical (unpaired) electrons. The summed E-state index contributed by atoms with van der Waals surface area (Å²) in [5, 5.41) is 0.297. The minimum absolute atomic E-state index is 0.00914. The molecule has 0 atom stereocenters. The van der Waals surface area contributed by atoms with Crippen LogP contribution in [0.2, 0.25) is 5.02 Å². The van der Waals surface area contributed by atoms with Crippen molar-refractivity contribution in [3.8, 4) is 5.75 Å². The molecule has 0 saturated carbocycles. The van der Waals surface area contributed by atoms with Gasteiger partial charge in [-0.05, 0) is 42.2 Å². The number of carbonyl (C=O) groups excluding carboxylic acids is 1. The Morgan fingerprint density at radius 2 is 1.88 bits per heavy atom. The van der Waals surface area contributed by atoms with Crippen molar-refractivity contribution in [3.63, 3.8) is 0 Å². The van der Waals surface area contributed by atoms with Crippen molar-refractivity contribution >= 4 is 43.5 Å². The zero-order valence-electron chi connectivity index (χ0n) is 14.3. The molecule has 0 aromatic heterocycles. The molecular formula is C15H21BrClN3O4S. The molecule has 0 unspecified atom stereocenters. The lowest BCUT2D eigenvalue weighted by atomic mass is 10.3. The summed E-state index contributed by atoms with van der Waals surface area (Å²) < 4.78 is 33.0. The molecule has 10 heteroatoms. The van der Waals surface area contributed by atoms with E-state index >= 15 is 0 Å². The number of hydrogen-bond donors (Lipinski definition) is 0. The molecule has 0 spiro atoms. The van der Waals surface area contributed by atoms with Crippen LogP contribution in [-0.4, -0.2) is 82.4 Å². The Labute approximate surface area is 161 Å². The predicted molar refractivity (Wildman–Crippen MR) is 99.6 cm³/mol. The van der Waals surface area contributed by atoms with E-state index in [0.717, 1.165) is 0 Å². The van der Waals surface area contributed by atoms with Gasteiger partial charge in [-0.1, -0.05) is 11.6 Å². The molecule has 1 aliphatic rings. The minimum Gasteiger partial charge on any atom is -0.494 e. The van der Waals surface area contributed by atoms with E-state index in [4.69, 9.17) is 16.3 Å². The van der Waals surface area contributed by atoms with E-state index in [9.17, 15) is 13.2 Å². The van der Waals surface area contributed by atoms with Crippen LogP contribution in [0.4, 0.5) is 0 Å². The summed E-state index contributed by atoms with van der Waals surface area (Å²) in [7, 11) is 1.27. The van der Waals surface area contributed by atoms with Crippen molar-refractivity contribution in [3.05, 3.63) is 21.6 Å². The largest absolute Gasteiger partial charge is 0.494 e. The lowest BCUT2D eigenvalue weighted by molar-refractivity contribution is -0.133. The monoisotopic (exact) mass is 453 g/mol.